The average molecular weight is 377 g/mol. The molecule has 148 valence electrons. The second-order valence-corrected chi connectivity index (χ2v) is 7.49. The molecule has 1 heterocycles. The number of rotatable bonds is 5. The van der Waals surface area contributed by atoms with Gasteiger partial charge in [-0.1, -0.05) is 25.7 Å². The number of hydrogen-bond acceptors (Lipinski definition) is 6. The first-order valence-corrected chi connectivity index (χ1v) is 9.47. The molecule has 1 aromatic rings. The third-order valence-electron chi connectivity index (χ3n) is 5.66. The molecule has 2 aliphatic rings. The number of nitrogens with one attached hydrogen (secondary N) is 1. The Kier molecular flexibility index (Phi) is 5.84. The first-order valence-electron chi connectivity index (χ1n) is 9.47. The van der Waals surface area contributed by atoms with E-state index in [0.29, 0.717) is 31.3 Å². The molecule has 8 heteroatoms. The van der Waals surface area contributed by atoms with Crippen LogP contribution in [0.5, 0.6) is 11.5 Å². The maximum absolute atomic E-state index is 12.8. The Morgan fingerprint density at radius 3 is 2.30 bits per heavy atom. The van der Waals surface area contributed by atoms with E-state index in [1.807, 2.05) is 14.1 Å². The van der Waals surface area contributed by atoms with E-state index in [4.69, 9.17) is 9.47 Å². The molecule has 0 unspecified atom stereocenters. The van der Waals surface area contributed by atoms with Gasteiger partial charge in [0.15, 0.2) is 11.5 Å². The standard InChI is InChI=1S/C19H27N3O5/c1-21(2)19(7-5-3-4-6-8-19)13-20-18(23)14-11-16-17(27-10-9-26-16)12-15(14)22(24)25/h11-12H,3-10,13H2,1-2H3,(H,20,23). The summed E-state index contributed by atoms with van der Waals surface area (Å²) in [5, 5.41) is 14.4. The zero-order valence-electron chi connectivity index (χ0n) is 16.0. The monoisotopic (exact) mass is 377 g/mol. The highest BCUT2D eigenvalue weighted by Gasteiger charge is 2.34. The highest BCUT2D eigenvalue weighted by Crippen LogP contribution is 2.37. The third kappa shape index (κ3) is 4.16. The van der Waals surface area contributed by atoms with Crippen LogP contribution in [0.25, 0.3) is 0 Å². The Bertz CT molecular complexity index is 712. The molecular weight excluding hydrogens is 350 g/mol. The molecule has 1 aliphatic heterocycles. The molecule has 0 aromatic heterocycles. The van der Waals surface area contributed by atoms with Crippen LogP contribution in [-0.2, 0) is 0 Å². The van der Waals surface area contributed by atoms with Crippen LogP contribution in [0, 0.1) is 10.1 Å². The second kappa shape index (κ2) is 8.12. The Morgan fingerprint density at radius 1 is 1.15 bits per heavy atom. The molecule has 1 aromatic carbocycles. The fourth-order valence-corrected chi connectivity index (χ4v) is 3.92. The lowest BCUT2D eigenvalue weighted by Gasteiger charge is -2.39. The fraction of sp³-hybridized carbons (Fsp3) is 0.632. The van der Waals surface area contributed by atoms with E-state index in [1.54, 1.807) is 0 Å². The summed E-state index contributed by atoms with van der Waals surface area (Å²) in [7, 11) is 4.06. The molecule has 1 fully saturated rings. The highest BCUT2D eigenvalue weighted by atomic mass is 16.6. The van der Waals surface area contributed by atoms with Crippen LogP contribution in [0.1, 0.15) is 48.9 Å². The van der Waals surface area contributed by atoms with Gasteiger partial charge in [-0.15, -0.1) is 0 Å². The van der Waals surface area contributed by atoms with Crippen LogP contribution in [-0.4, -0.2) is 55.1 Å². The van der Waals surface area contributed by atoms with Gasteiger partial charge in [-0.25, -0.2) is 0 Å². The first-order chi connectivity index (χ1) is 12.9. The Balaban J connectivity index is 1.81. The number of amides is 1. The highest BCUT2D eigenvalue weighted by molar-refractivity contribution is 5.99. The van der Waals surface area contributed by atoms with Crippen LogP contribution in [0.4, 0.5) is 5.69 Å². The number of nitro groups is 1. The number of nitrogens with zero attached hydrogens (tertiary/aromatic N) is 2. The lowest BCUT2D eigenvalue weighted by atomic mass is 9.88. The average Bonchev–Trinajstić information content (AvgIpc) is 2.91. The topological polar surface area (TPSA) is 93.9 Å². The summed E-state index contributed by atoms with van der Waals surface area (Å²) in [5.74, 6) is 0.218. The Morgan fingerprint density at radius 2 is 1.74 bits per heavy atom. The minimum absolute atomic E-state index is 0.00628. The summed E-state index contributed by atoms with van der Waals surface area (Å²) in [6, 6.07) is 2.69. The molecule has 1 N–H and O–H groups in total. The van der Waals surface area contributed by atoms with E-state index in [1.165, 1.54) is 25.0 Å². The number of fused-ring (bicyclic) bond motifs is 1. The molecule has 27 heavy (non-hydrogen) atoms. The van der Waals surface area contributed by atoms with Gasteiger partial charge in [0.2, 0.25) is 0 Å². The minimum atomic E-state index is -0.555. The molecule has 1 amide bonds. The summed E-state index contributed by atoms with van der Waals surface area (Å²) >= 11 is 0. The second-order valence-electron chi connectivity index (χ2n) is 7.49. The number of ether oxygens (including phenoxy) is 2. The van der Waals surface area contributed by atoms with E-state index in [9.17, 15) is 14.9 Å². The number of benzene rings is 1. The zero-order valence-corrected chi connectivity index (χ0v) is 16.0. The van der Waals surface area contributed by atoms with Gasteiger partial charge in [0.05, 0.1) is 11.0 Å². The fourth-order valence-electron chi connectivity index (χ4n) is 3.92. The van der Waals surface area contributed by atoms with Crippen molar-refractivity contribution in [1.29, 1.82) is 0 Å². The quantitative estimate of drug-likeness (QED) is 0.482. The number of likely N-dealkylation sites (N-methyl/N-ethyl adjacent to an activating group) is 1. The summed E-state index contributed by atoms with van der Waals surface area (Å²) in [6.07, 6.45) is 6.66. The molecule has 0 spiro atoms. The number of hydrogen-bond donors (Lipinski definition) is 1. The van der Waals surface area contributed by atoms with E-state index in [0.717, 1.165) is 25.7 Å². The lowest BCUT2D eigenvalue weighted by molar-refractivity contribution is -0.385. The van der Waals surface area contributed by atoms with Gasteiger partial charge in [-0.3, -0.25) is 14.9 Å². The lowest BCUT2D eigenvalue weighted by Crippen LogP contribution is -2.52. The van der Waals surface area contributed by atoms with Crippen LogP contribution in [0.2, 0.25) is 0 Å². The van der Waals surface area contributed by atoms with Crippen molar-refractivity contribution in [2.45, 2.75) is 44.1 Å². The zero-order chi connectivity index (χ0) is 19.4. The number of carbonyl (C=O) groups is 1. The smallest absolute Gasteiger partial charge is 0.286 e. The van der Waals surface area contributed by atoms with Crippen molar-refractivity contribution < 1.29 is 19.2 Å². The summed E-state index contributed by atoms with van der Waals surface area (Å²) < 4.78 is 10.9. The number of carbonyl (C=O) groups excluding carboxylic acids is 1. The molecule has 1 saturated carbocycles. The van der Waals surface area contributed by atoms with Gasteiger partial charge in [0.25, 0.3) is 11.6 Å². The van der Waals surface area contributed by atoms with Gasteiger partial charge in [-0.2, -0.15) is 0 Å². The van der Waals surface area contributed by atoms with Crippen LogP contribution in [0.15, 0.2) is 12.1 Å². The first kappa shape index (κ1) is 19.4. The van der Waals surface area contributed by atoms with Crippen molar-refractivity contribution in [3.05, 3.63) is 27.8 Å². The molecule has 0 atom stereocenters. The maximum Gasteiger partial charge on any atom is 0.286 e. The van der Waals surface area contributed by atoms with Gasteiger partial charge < -0.3 is 19.7 Å². The Labute approximate surface area is 159 Å². The summed E-state index contributed by atoms with van der Waals surface area (Å²) in [6.45, 7) is 1.15. The van der Waals surface area contributed by atoms with E-state index >= 15 is 0 Å². The van der Waals surface area contributed by atoms with Gasteiger partial charge >= 0.3 is 0 Å². The molecule has 8 nitrogen and oxygen atoms in total. The molecule has 0 saturated heterocycles. The van der Waals surface area contributed by atoms with Crippen molar-refractivity contribution in [3.8, 4) is 11.5 Å². The van der Waals surface area contributed by atoms with Crippen molar-refractivity contribution in [1.82, 2.24) is 10.2 Å². The van der Waals surface area contributed by atoms with E-state index in [-0.39, 0.29) is 16.8 Å². The normalized spacial score (nSPS) is 18.6. The molecule has 1 aliphatic carbocycles. The molecule has 0 bridgehead atoms. The summed E-state index contributed by atoms with van der Waals surface area (Å²) in [4.78, 5) is 25.9. The van der Waals surface area contributed by atoms with E-state index in [2.05, 4.69) is 10.2 Å². The minimum Gasteiger partial charge on any atom is -0.486 e. The van der Waals surface area contributed by atoms with Crippen LogP contribution < -0.4 is 14.8 Å². The van der Waals surface area contributed by atoms with Crippen molar-refractivity contribution in [2.75, 3.05) is 33.9 Å². The van der Waals surface area contributed by atoms with Crippen molar-refractivity contribution in [3.63, 3.8) is 0 Å². The predicted octanol–water partition coefficient (Wildman–Crippen LogP) is 2.75. The molecule has 0 radical (unpaired) electrons. The Hall–Kier alpha value is -2.35. The molecular formula is C19H27N3O5. The number of nitro benzene ring substituents is 1. The van der Waals surface area contributed by atoms with Crippen LogP contribution >= 0.6 is 0 Å². The van der Waals surface area contributed by atoms with Gasteiger partial charge in [-0.05, 0) is 26.9 Å². The van der Waals surface area contributed by atoms with Crippen LogP contribution in [0.3, 0.4) is 0 Å². The van der Waals surface area contributed by atoms with E-state index < -0.39 is 10.8 Å². The van der Waals surface area contributed by atoms with Crippen molar-refractivity contribution in [2.24, 2.45) is 0 Å². The van der Waals surface area contributed by atoms with Gasteiger partial charge in [0.1, 0.15) is 18.8 Å². The SMILES string of the molecule is CN(C)C1(CNC(=O)c2cc3c(cc2[N+](=O)[O-])OCCO3)CCCCCC1. The largest absolute Gasteiger partial charge is 0.486 e. The molecule has 3 rings (SSSR count). The van der Waals surface area contributed by atoms with Crippen molar-refractivity contribution >= 4 is 11.6 Å². The summed E-state index contributed by atoms with van der Waals surface area (Å²) in [5.41, 5.74) is -0.377. The third-order valence-corrected chi connectivity index (χ3v) is 5.66. The predicted molar refractivity (Wildman–Crippen MR) is 101 cm³/mol. The maximum atomic E-state index is 12.8. The van der Waals surface area contributed by atoms with Gasteiger partial charge in [0, 0.05) is 18.2 Å².